The van der Waals surface area contributed by atoms with E-state index in [4.69, 9.17) is 14.5 Å². The van der Waals surface area contributed by atoms with Gasteiger partial charge in [0.1, 0.15) is 5.01 Å². The topological polar surface area (TPSA) is 63.7 Å². The number of carbonyl (C=O) groups is 1. The lowest BCUT2D eigenvalue weighted by Crippen LogP contribution is -2.34. The molecule has 0 unspecified atom stereocenters. The smallest absolute Gasteiger partial charge is 0.322 e. The zero-order valence-electron chi connectivity index (χ0n) is 17.0. The highest BCUT2D eigenvalue weighted by molar-refractivity contribution is 7.21. The summed E-state index contributed by atoms with van der Waals surface area (Å²) in [6, 6.07) is 21.5. The molecule has 0 fully saturated rings. The lowest BCUT2D eigenvalue weighted by Gasteiger charge is -2.22. The molecular formula is C24H21N3O3S. The minimum Gasteiger partial charge on any atom is -0.454 e. The van der Waals surface area contributed by atoms with Crippen LogP contribution in [0.5, 0.6) is 11.5 Å². The van der Waals surface area contributed by atoms with E-state index in [1.165, 1.54) is 0 Å². The van der Waals surface area contributed by atoms with Gasteiger partial charge in [-0.15, -0.1) is 11.3 Å². The molecule has 1 aliphatic rings. The summed E-state index contributed by atoms with van der Waals surface area (Å²) in [7, 11) is 0. The van der Waals surface area contributed by atoms with Crippen molar-refractivity contribution >= 4 is 33.3 Å². The summed E-state index contributed by atoms with van der Waals surface area (Å²) in [5.74, 6) is 1.46. The fourth-order valence-corrected chi connectivity index (χ4v) is 4.48. The normalized spacial score (nSPS) is 12.2. The summed E-state index contributed by atoms with van der Waals surface area (Å²) < 4.78 is 11.9. The van der Waals surface area contributed by atoms with Gasteiger partial charge in [-0.2, -0.15) is 0 Å². The lowest BCUT2D eigenvalue weighted by atomic mass is 10.2. The number of aromatic nitrogens is 1. The van der Waals surface area contributed by atoms with Crippen molar-refractivity contribution in [3.63, 3.8) is 0 Å². The SMILES string of the molecule is CCN(Cc1ccc2c(c1)OCO2)C(=O)Nc1cccc(-c2nc3ccccc3s2)c1. The summed E-state index contributed by atoms with van der Waals surface area (Å²) in [5.41, 5.74) is 3.70. The third-order valence-corrected chi connectivity index (χ3v) is 6.22. The maximum Gasteiger partial charge on any atom is 0.322 e. The second-order valence-corrected chi connectivity index (χ2v) is 8.23. The van der Waals surface area contributed by atoms with Gasteiger partial charge in [-0.05, 0) is 48.9 Å². The molecule has 0 saturated heterocycles. The van der Waals surface area contributed by atoms with E-state index < -0.39 is 0 Å². The van der Waals surface area contributed by atoms with Crippen LogP contribution in [-0.4, -0.2) is 29.3 Å². The number of urea groups is 1. The third kappa shape index (κ3) is 4.04. The molecule has 6 nitrogen and oxygen atoms in total. The maximum atomic E-state index is 12.9. The molecule has 5 rings (SSSR count). The number of hydrogen-bond acceptors (Lipinski definition) is 5. The molecule has 2 amide bonds. The van der Waals surface area contributed by atoms with E-state index in [1.807, 2.05) is 67.6 Å². The number of nitrogens with zero attached hydrogens (tertiary/aromatic N) is 2. The monoisotopic (exact) mass is 431 g/mol. The molecule has 0 spiro atoms. The Kier molecular flexibility index (Phi) is 5.18. The van der Waals surface area contributed by atoms with E-state index in [0.717, 1.165) is 43.5 Å². The molecule has 0 atom stereocenters. The van der Waals surface area contributed by atoms with Crippen molar-refractivity contribution in [3.8, 4) is 22.1 Å². The van der Waals surface area contributed by atoms with Crippen LogP contribution >= 0.6 is 11.3 Å². The number of thiazole rings is 1. The molecule has 3 aromatic carbocycles. The first kappa shape index (κ1) is 19.4. The molecule has 1 N–H and O–H groups in total. The van der Waals surface area contributed by atoms with Gasteiger partial charge in [0.05, 0.1) is 10.2 Å². The average molecular weight is 432 g/mol. The van der Waals surface area contributed by atoms with E-state index in [2.05, 4.69) is 11.4 Å². The quantitative estimate of drug-likeness (QED) is 0.437. The number of anilines is 1. The predicted octanol–water partition coefficient (Wildman–Crippen LogP) is 5.75. The van der Waals surface area contributed by atoms with Gasteiger partial charge in [0.2, 0.25) is 6.79 Å². The number of fused-ring (bicyclic) bond motifs is 2. The van der Waals surface area contributed by atoms with Gasteiger partial charge >= 0.3 is 6.03 Å². The third-order valence-electron chi connectivity index (χ3n) is 5.13. The first-order valence-electron chi connectivity index (χ1n) is 10.1. The van der Waals surface area contributed by atoms with Crippen LogP contribution in [0.2, 0.25) is 0 Å². The van der Waals surface area contributed by atoms with Crippen LogP contribution in [0.3, 0.4) is 0 Å². The molecule has 1 aliphatic heterocycles. The predicted molar refractivity (Wildman–Crippen MR) is 123 cm³/mol. The molecule has 0 radical (unpaired) electrons. The lowest BCUT2D eigenvalue weighted by molar-refractivity contribution is 0.174. The van der Waals surface area contributed by atoms with Crippen LogP contribution in [-0.2, 0) is 6.54 Å². The van der Waals surface area contributed by atoms with Crippen LogP contribution in [0.4, 0.5) is 10.5 Å². The minimum absolute atomic E-state index is 0.151. The first-order chi connectivity index (χ1) is 15.2. The van der Waals surface area contributed by atoms with Gasteiger partial charge in [0, 0.05) is 24.3 Å². The van der Waals surface area contributed by atoms with Crippen molar-refractivity contribution in [1.29, 1.82) is 0 Å². The Morgan fingerprint density at radius 3 is 2.81 bits per heavy atom. The molecule has 156 valence electrons. The summed E-state index contributed by atoms with van der Waals surface area (Å²) in [6.07, 6.45) is 0. The number of benzene rings is 3. The minimum atomic E-state index is -0.151. The van der Waals surface area contributed by atoms with E-state index in [9.17, 15) is 4.79 Å². The standard InChI is InChI=1S/C24H21N3O3S/c1-2-27(14-16-10-11-20-21(12-16)30-15-29-20)24(28)25-18-7-5-6-17(13-18)23-26-19-8-3-4-9-22(19)31-23/h3-13H,2,14-15H2,1H3,(H,25,28). The first-order valence-corrected chi connectivity index (χ1v) is 10.9. The van der Waals surface area contributed by atoms with Crippen LogP contribution in [0, 0.1) is 0 Å². The van der Waals surface area contributed by atoms with Gasteiger partial charge in [-0.25, -0.2) is 9.78 Å². The Labute approximate surface area is 184 Å². The number of para-hydroxylation sites is 1. The van der Waals surface area contributed by atoms with E-state index in [1.54, 1.807) is 16.2 Å². The van der Waals surface area contributed by atoms with Crippen LogP contribution < -0.4 is 14.8 Å². The van der Waals surface area contributed by atoms with Gasteiger partial charge in [0.25, 0.3) is 0 Å². The summed E-state index contributed by atoms with van der Waals surface area (Å²) >= 11 is 1.64. The Morgan fingerprint density at radius 1 is 1.06 bits per heavy atom. The highest BCUT2D eigenvalue weighted by atomic mass is 32.1. The van der Waals surface area contributed by atoms with E-state index in [-0.39, 0.29) is 12.8 Å². The Hall–Kier alpha value is -3.58. The number of ether oxygens (including phenoxy) is 2. The van der Waals surface area contributed by atoms with Crippen molar-refractivity contribution in [3.05, 3.63) is 72.3 Å². The summed E-state index contributed by atoms with van der Waals surface area (Å²) in [5, 5.41) is 3.95. The van der Waals surface area contributed by atoms with Crippen LogP contribution in [0.25, 0.3) is 20.8 Å². The second-order valence-electron chi connectivity index (χ2n) is 7.20. The Bertz CT molecular complexity index is 1220. The zero-order chi connectivity index (χ0) is 21.2. The number of rotatable bonds is 5. The summed E-state index contributed by atoms with van der Waals surface area (Å²) in [4.78, 5) is 19.4. The van der Waals surface area contributed by atoms with Gasteiger partial charge in [-0.1, -0.05) is 30.3 Å². The van der Waals surface area contributed by atoms with Gasteiger partial charge in [-0.3, -0.25) is 0 Å². The highest BCUT2D eigenvalue weighted by Crippen LogP contribution is 2.33. The molecule has 7 heteroatoms. The van der Waals surface area contributed by atoms with Crippen molar-refractivity contribution in [2.45, 2.75) is 13.5 Å². The Morgan fingerprint density at radius 2 is 1.94 bits per heavy atom. The van der Waals surface area contributed by atoms with Gasteiger partial charge in [0.15, 0.2) is 11.5 Å². The molecule has 4 aromatic rings. The number of amides is 2. The zero-order valence-corrected chi connectivity index (χ0v) is 17.8. The molecule has 1 aromatic heterocycles. The van der Waals surface area contributed by atoms with Crippen LogP contribution in [0.1, 0.15) is 12.5 Å². The molecule has 0 saturated carbocycles. The fraction of sp³-hybridized carbons (Fsp3) is 0.167. The molecule has 2 heterocycles. The van der Waals surface area contributed by atoms with Crippen molar-refractivity contribution in [1.82, 2.24) is 9.88 Å². The second kappa shape index (κ2) is 8.28. The number of nitrogens with one attached hydrogen (secondary N) is 1. The van der Waals surface area contributed by atoms with Gasteiger partial charge < -0.3 is 19.7 Å². The average Bonchev–Trinajstić information content (AvgIpc) is 3.44. The fourth-order valence-electron chi connectivity index (χ4n) is 3.52. The van der Waals surface area contributed by atoms with Crippen molar-refractivity contribution in [2.24, 2.45) is 0 Å². The largest absolute Gasteiger partial charge is 0.454 e. The highest BCUT2D eigenvalue weighted by Gasteiger charge is 2.17. The summed E-state index contributed by atoms with van der Waals surface area (Å²) in [6.45, 7) is 3.26. The Balaban J connectivity index is 1.31. The number of hydrogen-bond donors (Lipinski definition) is 1. The maximum absolute atomic E-state index is 12.9. The van der Waals surface area contributed by atoms with Crippen LogP contribution in [0.15, 0.2) is 66.7 Å². The molecular weight excluding hydrogens is 410 g/mol. The van der Waals surface area contributed by atoms with Crippen molar-refractivity contribution < 1.29 is 14.3 Å². The number of carbonyl (C=O) groups excluding carboxylic acids is 1. The molecule has 0 bridgehead atoms. The molecule has 0 aliphatic carbocycles. The van der Waals surface area contributed by atoms with E-state index >= 15 is 0 Å². The van der Waals surface area contributed by atoms with Crippen molar-refractivity contribution in [2.75, 3.05) is 18.7 Å². The van der Waals surface area contributed by atoms with E-state index in [0.29, 0.717) is 13.1 Å². The molecule has 31 heavy (non-hydrogen) atoms.